The molecule has 0 saturated heterocycles. The lowest BCUT2D eigenvalue weighted by Crippen LogP contribution is -2.41. The van der Waals surface area contributed by atoms with Crippen LogP contribution in [0.15, 0.2) is 0 Å². The highest BCUT2D eigenvalue weighted by Crippen LogP contribution is 2.21. The van der Waals surface area contributed by atoms with Crippen molar-refractivity contribution in [3.05, 3.63) is 0 Å². The molecule has 2 heteroatoms. The molecule has 0 bridgehead atoms. The first-order chi connectivity index (χ1) is 9.76. The fourth-order valence-electron chi connectivity index (χ4n) is 3.35. The first-order valence-electron chi connectivity index (χ1n) is 9.20. The van der Waals surface area contributed by atoms with Crippen molar-refractivity contribution in [2.75, 3.05) is 0 Å². The monoisotopic (exact) mass is 283 g/mol. The van der Waals surface area contributed by atoms with Crippen molar-refractivity contribution >= 4 is 0 Å². The summed E-state index contributed by atoms with van der Waals surface area (Å²) in [5.41, 5.74) is 0. The molecule has 120 valence electrons. The highest BCUT2D eigenvalue weighted by molar-refractivity contribution is 4.80. The topological polar surface area (TPSA) is 32.3 Å². The largest absolute Gasteiger partial charge is 0.393 e. The minimum Gasteiger partial charge on any atom is -0.393 e. The number of hydrogen-bond acceptors (Lipinski definition) is 2. The quantitative estimate of drug-likeness (QED) is 0.534. The normalized spacial score (nSPS) is 24.8. The van der Waals surface area contributed by atoms with Crippen LogP contribution >= 0.6 is 0 Å². The highest BCUT2D eigenvalue weighted by atomic mass is 16.3. The molecule has 0 aromatic carbocycles. The first kappa shape index (κ1) is 18.0. The lowest BCUT2D eigenvalue weighted by Gasteiger charge is -2.30. The van der Waals surface area contributed by atoms with Crippen LogP contribution < -0.4 is 5.32 Å². The van der Waals surface area contributed by atoms with Gasteiger partial charge < -0.3 is 10.4 Å². The second-order valence-corrected chi connectivity index (χ2v) is 6.71. The van der Waals surface area contributed by atoms with E-state index < -0.39 is 0 Å². The third kappa shape index (κ3) is 8.26. The van der Waals surface area contributed by atoms with Gasteiger partial charge in [-0.1, -0.05) is 58.8 Å². The molecule has 1 unspecified atom stereocenters. The predicted octanol–water partition coefficient (Wildman–Crippen LogP) is 4.80. The van der Waals surface area contributed by atoms with Crippen molar-refractivity contribution in [3.63, 3.8) is 0 Å². The molecule has 1 atom stereocenters. The Labute approximate surface area is 126 Å². The van der Waals surface area contributed by atoms with E-state index in [9.17, 15) is 5.11 Å². The summed E-state index contributed by atoms with van der Waals surface area (Å²) in [6.07, 6.45) is 16.5. The van der Waals surface area contributed by atoms with Gasteiger partial charge in [0.15, 0.2) is 0 Å². The molecule has 1 rings (SSSR count). The van der Waals surface area contributed by atoms with E-state index in [1.165, 1.54) is 70.6 Å². The SMILES string of the molecule is CCCCCCC(CCCCC)NC1CCC(O)CC1. The second kappa shape index (κ2) is 11.6. The van der Waals surface area contributed by atoms with Gasteiger partial charge in [-0.15, -0.1) is 0 Å². The fraction of sp³-hybridized carbons (Fsp3) is 1.00. The van der Waals surface area contributed by atoms with E-state index in [4.69, 9.17) is 0 Å². The van der Waals surface area contributed by atoms with Gasteiger partial charge in [0.05, 0.1) is 6.10 Å². The van der Waals surface area contributed by atoms with E-state index in [0.29, 0.717) is 6.04 Å². The van der Waals surface area contributed by atoms with Gasteiger partial charge >= 0.3 is 0 Å². The van der Waals surface area contributed by atoms with Crippen LogP contribution in [0.4, 0.5) is 0 Å². The van der Waals surface area contributed by atoms with Gasteiger partial charge in [-0.3, -0.25) is 0 Å². The third-order valence-electron chi connectivity index (χ3n) is 4.73. The molecule has 0 aromatic heterocycles. The number of hydrogen-bond donors (Lipinski definition) is 2. The fourth-order valence-corrected chi connectivity index (χ4v) is 3.35. The summed E-state index contributed by atoms with van der Waals surface area (Å²) in [6, 6.07) is 1.38. The van der Waals surface area contributed by atoms with Gasteiger partial charge in [0.25, 0.3) is 0 Å². The van der Waals surface area contributed by atoms with E-state index in [0.717, 1.165) is 18.9 Å². The summed E-state index contributed by atoms with van der Waals surface area (Å²) < 4.78 is 0. The van der Waals surface area contributed by atoms with E-state index in [1.807, 2.05) is 0 Å². The van der Waals surface area contributed by atoms with Gasteiger partial charge in [-0.2, -0.15) is 0 Å². The Morgan fingerprint density at radius 3 is 2.00 bits per heavy atom. The molecule has 1 aliphatic carbocycles. The van der Waals surface area contributed by atoms with Crippen molar-refractivity contribution in [2.45, 2.75) is 116 Å². The molecule has 0 spiro atoms. The van der Waals surface area contributed by atoms with E-state index in [1.54, 1.807) is 0 Å². The van der Waals surface area contributed by atoms with Gasteiger partial charge in [0, 0.05) is 12.1 Å². The second-order valence-electron chi connectivity index (χ2n) is 6.71. The zero-order valence-corrected chi connectivity index (χ0v) is 13.9. The zero-order valence-electron chi connectivity index (χ0n) is 13.9. The lowest BCUT2D eigenvalue weighted by molar-refractivity contribution is 0.113. The molecule has 1 saturated carbocycles. The van der Waals surface area contributed by atoms with E-state index >= 15 is 0 Å². The summed E-state index contributed by atoms with van der Waals surface area (Å²) in [5.74, 6) is 0. The van der Waals surface area contributed by atoms with Crippen LogP contribution in [0.25, 0.3) is 0 Å². The lowest BCUT2D eigenvalue weighted by atomic mass is 9.91. The minimum absolute atomic E-state index is 0.0313. The predicted molar refractivity (Wildman–Crippen MR) is 88.1 cm³/mol. The molecule has 20 heavy (non-hydrogen) atoms. The molecule has 0 aliphatic heterocycles. The Balaban J connectivity index is 2.24. The van der Waals surface area contributed by atoms with Crippen molar-refractivity contribution < 1.29 is 5.11 Å². The van der Waals surface area contributed by atoms with Crippen LogP contribution in [-0.2, 0) is 0 Å². The number of aliphatic hydroxyl groups excluding tert-OH is 1. The zero-order chi connectivity index (χ0) is 14.6. The van der Waals surface area contributed by atoms with Crippen molar-refractivity contribution in [3.8, 4) is 0 Å². The maximum atomic E-state index is 9.61. The highest BCUT2D eigenvalue weighted by Gasteiger charge is 2.21. The van der Waals surface area contributed by atoms with Crippen molar-refractivity contribution in [1.29, 1.82) is 0 Å². The number of aliphatic hydroxyl groups is 1. The van der Waals surface area contributed by atoms with E-state index in [2.05, 4.69) is 19.2 Å². The molecule has 0 amide bonds. The summed E-state index contributed by atoms with van der Waals surface area (Å²) >= 11 is 0. The number of unbranched alkanes of at least 4 members (excludes halogenated alkanes) is 5. The van der Waals surface area contributed by atoms with Gasteiger partial charge in [0.2, 0.25) is 0 Å². The van der Waals surface area contributed by atoms with Gasteiger partial charge in [0.1, 0.15) is 0 Å². The molecule has 2 nitrogen and oxygen atoms in total. The average Bonchev–Trinajstić information content (AvgIpc) is 2.46. The Bertz CT molecular complexity index is 211. The Morgan fingerprint density at radius 1 is 0.850 bits per heavy atom. The third-order valence-corrected chi connectivity index (χ3v) is 4.73. The minimum atomic E-state index is -0.0313. The summed E-state index contributed by atoms with van der Waals surface area (Å²) in [4.78, 5) is 0. The van der Waals surface area contributed by atoms with Crippen LogP contribution in [0.2, 0.25) is 0 Å². The van der Waals surface area contributed by atoms with Gasteiger partial charge in [-0.25, -0.2) is 0 Å². The average molecular weight is 284 g/mol. The van der Waals surface area contributed by atoms with Crippen molar-refractivity contribution in [2.24, 2.45) is 0 Å². The standard InChI is InChI=1S/C18H37NO/c1-3-5-7-9-11-16(10-8-6-4-2)19-17-12-14-18(20)15-13-17/h16-20H,3-15H2,1-2H3. The van der Waals surface area contributed by atoms with Crippen LogP contribution in [0.1, 0.15) is 97.3 Å². The van der Waals surface area contributed by atoms with Crippen LogP contribution in [0, 0.1) is 0 Å². The van der Waals surface area contributed by atoms with Crippen molar-refractivity contribution in [1.82, 2.24) is 5.32 Å². The summed E-state index contributed by atoms with van der Waals surface area (Å²) in [7, 11) is 0. The molecule has 2 N–H and O–H groups in total. The summed E-state index contributed by atoms with van der Waals surface area (Å²) in [5, 5.41) is 13.5. The van der Waals surface area contributed by atoms with Crippen LogP contribution in [-0.4, -0.2) is 23.3 Å². The molecule has 1 aliphatic rings. The first-order valence-corrected chi connectivity index (χ1v) is 9.20. The Morgan fingerprint density at radius 2 is 1.40 bits per heavy atom. The molecule has 0 heterocycles. The Kier molecular flexibility index (Phi) is 10.4. The van der Waals surface area contributed by atoms with Gasteiger partial charge in [-0.05, 0) is 38.5 Å². The molecule has 0 aromatic rings. The maximum Gasteiger partial charge on any atom is 0.0541 e. The molecular weight excluding hydrogens is 246 g/mol. The maximum absolute atomic E-state index is 9.61. The summed E-state index contributed by atoms with van der Waals surface area (Å²) in [6.45, 7) is 4.57. The Hall–Kier alpha value is -0.0800. The molecule has 0 radical (unpaired) electrons. The number of nitrogens with one attached hydrogen (secondary N) is 1. The number of rotatable bonds is 11. The smallest absolute Gasteiger partial charge is 0.0541 e. The van der Waals surface area contributed by atoms with Crippen LogP contribution in [0.3, 0.4) is 0 Å². The van der Waals surface area contributed by atoms with Crippen LogP contribution in [0.5, 0.6) is 0 Å². The molecule has 1 fully saturated rings. The molecular formula is C18H37NO. The van der Waals surface area contributed by atoms with E-state index in [-0.39, 0.29) is 6.10 Å².